The highest BCUT2D eigenvalue weighted by Gasteiger charge is 2.18. The Morgan fingerprint density at radius 2 is 1.35 bits per heavy atom. The molecule has 2 aromatic rings. The van der Waals surface area contributed by atoms with Crippen LogP contribution in [0.4, 0.5) is 5.69 Å². The molecular formula is C12H10N2O7S2. The number of non-ortho nitro benzene ring substituents is 1. The van der Waals surface area contributed by atoms with Crippen LogP contribution in [0.1, 0.15) is 0 Å². The van der Waals surface area contributed by atoms with Crippen molar-refractivity contribution in [2.45, 2.75) is 9.79 Å². The highest BCUT2D eigenvalue weighted by Crippen LogP contribution is 2.22. The molecule has 0 aliphatic rings. The predicted octanol–water partition coefficient (Wildman–Crippen LogP) is 1.01. The SMILES string of the molecule is NS(=O)(=O)c1ccc(S(=O)(=O)Oc2ccc([N+](=O)[O-])cc2)cc1. The van der Waals surface area contributed by atoms with E-state index in [-0.39, 0.29) is 21.2 Å². The number of rotatable bonds is 5. The highest BCUT2D eigenvalue weighted by atomic mass is 32.2. The number of nitro groups is 1. The van der Waals surface area contributed by atoms with Crippen LogP contribution < -0.4 is 9.32 Å². The van der Waals surface area contributed by atoms with Crippen molar-refractivity contribution in [3.05, 3.63) is 58.6 Å². The molecule has 0 aliphatic carbocycles. The summed E-state index contributed by atoms with van der Waals surface area (Å²) < 4.78 is 51.1. The maximum absolute atomic E-state index is 12.0. The van der Waals surface area contributed by atoms with Gasteiger partial charge in [0.1, 0.15) is 10.6 Å². The van der Waals surface area contributed by atoms with Gasteiger partial charge in [-0.15, -0.1) is 0 Å². The average Bonchev–Trinajstić information content (AvgIpc) is 2.46. The summed E-state index contributed by atoms with van der Waals surface area (Å²) >= 11 is 0. The predicted molar refractivity (Wildman–Crippen MR) is 78.7 cm³/mol. The topological polar surface area (TPSA) is 147 Å². The molecule has 11 heteroatoms. The standard InChI is InChI=1S/C12H10N2O7S2/c13-22(17,18)11-5-7-12(8-6-11)23(19,20)21-10-3-1-9(2-4-10)14(15)16/h1-8H,(H2,13,17,18). The number of hydrogen-bond donors (Lipinski definition) is 1. The summed E-state index contributed by atoms with van der Waals surface area (Å²) in [7, 11) is -8.15. The van der Waals surface area contributed by atoms with E-state index in [0.29, 0.717) is 0 Å². The normalized spacial score (nSPS) is 11.9. The zero-order valence-electron chi connectivity index (χ0n) is 11.3. The molecule has 2 N–H and O–H groups in total. The van der Waals surface area contributed by atoms with Crippen LogP contribution in [0.15, 0.2) is 58.3 Å². The van der Waals surface area contributed by atoms with Crippen molar-refractivity contribution in [2.24, 2.45) is 5.14 Å². The third-order valence-corrected chi connectivity index (χ3v) is 4.89. The molecular weight excluding hydrogens is 348 g/mol. The number of sulfonamides is 1. The number of nitrogens with zero attached hydrogens (tertiary/aromatic N) is 1. The molecule has 0 radical (unpaired) electrons. The van der Waals surface area contributed by atoms with E-state index < -0.39 is 25.1 Å². The number of benzene rings is 2. The monoisotopic (exact) mass is 358 g/mol. The molecule has 0 aliphatic heterocycles. The first-order chi connectivity index (χ1) is 10.6. The maximum atomic E-state index is 12.0. The molecule has 0 saturated carbocycles. The lowest BCUT2D eigenvalue weighted by molar-refractivity contribution is -0.384. The molecule has 0 unspecified atom stereocenters. The van der Waals surface area contributed by atoms with E-state index in [2.05, 4.69) is 0 Å². The molecule has 9 nitrogen and oxygen atoms in total. The van der Waals surface area contributed by atoms with Crippen molar-refractivity contribution >= 4 is 25.8 Å². The second-order valence-electron chi connectivity index (χ2n) is 4.30. The van der Waals surface area contributed by atoms with Crippen LogP contribution in [0.25, 0.3) is 0 Å². The number of nitrogens with two attached hydrogens (primary N) is 1. The van der Waals surface area contributed by atoms with E-state index in [1.165, 1.54) is 0 Å². The molecule has 122 valence electrons. The molecule has 0 amide bonds. The molecule has 0 saturated heterocycles. The first-order valence-electron chi connectivity index (χ1n) is 5.91. The Balaban J connectivity index is 2.26. The van der Waals surface area contributed by atoms with Crippen molar-refractivity contribution in [1.29, 1.82) is 0 Å². The first kappa shape index (κ1) is 16.9. The minimum absolute atomic E-state index is 0.119. The van der Waals surface area contributed by atoms with Crippen LogP contribution >= 0.6 is 0 Å². The molecule has 0 bridgehead atoms. The molecule has 0 aromatic heterocycles. The summed E-state index contributed by atoms with van der Waals surface area (Å²) in [6, 6.07) is 8.57. The molecule has 23 heavy (non-hydrogen) atoms. The van der Waals surface area contributed by atoms with Gasteiger partial charge in [0.05, 0.1) is 9.82 Å². The van der Waals surface area contributed by atoms with Gasteiger partial charge in [0.15, 0.2) is 0 Å². The summed E-state index contributed by atoms with van der Waals surface area (Å²) in [5.74, 6) is -0.119. The molecule has 2 aromatic carbocycles. The van der Waals surface area contributed by atoms with Gasteiger partial charge >= 0.3 is 10.1 Å². The summed E-state index contributed by atoms with van der Waals surface area (Å²) in [6.45, 7) is 0. The summed E-state index contributed by atoms with van der Waals surface area (Å²) in [5, 5.41) is 15.4. The second kappa shape index (κ2) is 5.95. The van der Waals surface area contributed by atoms with E-state index in [9.17, 15) is 26.9 Å². The van der Waals surface area contributed by atoms with E-state index >= 15 is 0 Å². The van der Waals surface area contributed by atoms with Crippen molar-refractivity contribution in [3.63, 3.8) is 0 Å². The van der Waals surface area contributed by atoms with Crippen LogP contribution in [0.2, 0.25) is 0 Å². The van der Waals surface area contributed by atoms with Crippen molar-refractivity contribution in [1.82, 2.24) is 0 Å². The fourth-order valence-electron chi connectivity index (χ4n) is 1.59. The molecule has 2 rings (SSSR count). The van der Waals surface area contributed by atoms with E-state index in [4.69, 9.17) is 9.32 Å². The largest absolute Gasteiger partial charge is 0.379 e. The lowest BCUT2D eigenvalue weighted by atomic mass is 10.3. The lowest BCUT2D eigenvalue weighted by Gasteiger charge is -2.07. The van der Waals surface area contributed by atoms with Gasteiger partial charge in [-0.2, -0.15) is 8.42 Å². The molecule has 0 fully saturated rings. The van der Waals surface area contributed by atoms with E-state index in [1.54, 1.807) is 0 Å². The number of hydrogen-bond acceptors (Lipinski definition) is 7. The Kier molecular flexibility index (Phi) is 4.36. The summed E-state index contributed by atoms with van der Waals surface area (Å²) in [6.07, 6.45) is 0. The van der Waals surface area contributed by atoms with Crippen LogP contribution in [-0.4, -0.2) is 21.8 Å². The van der Waals surface area contributed by atoms with Gasteiger partial charge in [0.25, 0.3) is 5.69 Å². The number of primary sulfonamides is 1. The van der Waals surface area contributed by atoms with Gasteiger partial charge in [-0.1, -0.05) is 0 Å². The molecule has 0 atom stereocenters. The maximum Gasteiger partial charge on any atom is 0.339 e. The second-order valence-corrected chi connectivity index (χ2v) is 7.41. The Labute approximate surface area is 131 Å². The van der Waals surface area contributed by atoms with Gasteiger partial charge in [-0.3, -0.25) is 10.1 Å². The average molecular weight is 358 g/mol. The zero-order valence-corrected chi connectivity index (χ0v) is 13.0. The van der Waals surface area contributed by atoms with Crippen molar-refractivity contribution in [2.75, 3.05) is 0 Å². The number of nitro benzene ring substituents is 1. The van der Waals surface area contributed by atoms with Gasteiger partial charge in [-0.25, -0.2) is 13.6 Å². The van der Waals surface area contributed by atoms with Crippen molar-refractivity contribution < 1.29 is 25.9 Å². The highest BCUT2D eigenvalue weighted by molar-refractivity contribution is 7.89. The van der Waals surface area contributed by atoms with Gasteiger partial charge in [0, 0.05) is 12.1 Å². The Morgan fingerprint density at radius 3 is 1.78 bits per heavy atom. The fraction of sp³-hybridized carbons (Fsp3) is 0. The van der Waals surface area contributed by atoms with Crippen LogP contribution in [-0.2, 0) is 20.1 Å². The Bertz CT molecular complexity index is 934. The third kappa shape index (κ3) is 4.03. The summed E-state index contributed by atoms with van der Waals surface area (Å²) in [5.41, 5.74) is -0.216. The van der Waals surface area contributed by atoms with Crippen molar-refractivity contribution in [3.8, 4) is 5.75 Å². The summed E-state index contributed by atoms with van der Waals surface area (Å²) in [4.78, 5) is 9.35. The quantitative estimate of drug-likeness (QED) is 0.476. The Morgan fingerprint density at radius 1 is 0.870 bits per heavy atom. The minimum atomic E-state index is -4.21. The van der Waals surface area contributed by atoms with E-state index in [1.807, 2.05) is 0 Å². The van der Waals surface area contributed by atoms with Crippen LogP contribution in [0, 0.1) is 10.1 Å². The van der Waals surface area contributed by atoms with Gasteiger partial charge in [-0.05, 0) is 36.4 Å². The molecule has 0 heterocycles. The fourth-order valence-corrected chi connectivity index (χ4v) is 3.04. The lowest BCUT2D eigenvalue weighted by Crippen LogP contribution is -2.13. The van der Waals surface area contributed by atoms with Crippen LogP contribution in [0.3, 0.4) is 0 Å². The molecule has 0 spiro atoms. The minimum Gasteiger partial charge on any atom is -0.379 e. The smallest absolute Gasteiger partial charge is 0.339 e. The van der Waals surface area contributed by atoms with E-state index in [0.717, 1.165) is 48.5 Å². The van der Waals surface area contributed by atoms with Gasteiger partial charge in [0.2, 0.25) is 10.0 Å². The van der Waals surface area contributed by atoms with Crippen LogP contribution in [0.5, 0.6) is 5.75 Å². The first-order valence-corrected chi connectivity index (χ1v) is 8.87. The zero-order chi connectivity index (χ0) is 17.3. The third-order valence-electron chi connectivity index (χ3n) is 2.69. The Hall–Kier alpha value is -2.50. The van der Waals surface area contributed by atoms with Gasteiger partial charge < -0.3 is 4.18 Å².